The molecule has 1 saturated heterocycles. The fourth-order valence-electron chi connectivity index (χ4n) is 2.29. The summed E-state index contributed by atoms with van der Waals surface area (Å²) in [5.74, 6) is 0.170. The van der Waals surface area contributed by atoms with Gasteiger partial charge in [0.25, 0.3) is 0 Å². The van der Waals surface area contributed by atoms with Gasteiger partial charge >= 0.3 is 0 Å². The first kappa shape index (κ1) is 10.8. The molecule has 1 fully saturated rings. The lowest BCUT2D eigenvalue weighted by Gasteiger charge is -2.16. The summed E-state index contributed by atoms with van der Waals surface area (Å²) < 4.78 is 1.82. The monoisotopic (exact) mass is 293 g/mol. The highest BCUT2D eigenvalue weighted by atomic mass is 79.9. The molecule has 1 amide bonds. The topological polar surface area (TPSA) is 38.1 Å². The maximum Gasteiger partial charge on any atom is 0.228 e. The zero-order chi connectivity index (χ0) is 12.0. The van der Waals surface area contributed by atoms with Gasteiger partial charge in [-0.15, -0.1) is 0 Å². The molecule has 1 aromatic carbocycles. The molecule has 5 heteroatoms. The first-order chi connectivity index (χ1) is 8.16. The molecule has 2 heterocycles. The van der Waals surface area contributed by atoms with E-state index in [1.165, 1.54) is 0 Å². The quantitative estimate of drug-likeness (QED) is 0.755. The van der Waals surface area contributed by atoms with E-state index in [1.54, 1.807) is 0 Å². The second-order valence-corrected chi connectivity index (χ2v) is 5.58. The Labute approximate surface area is 107 Å². The molecule has 0 N–H and O–H groups in total. The zero-order valence-electron chi connectivity index (χ0n) is 9.43. The molecular formula is C12H12BrN3O. The van der Waals surface area contributed by atoms with Gasteiger partial charge in [0, 0.05) is 30.2 Å². The Morgan fingerprint density at radius 3 is 3.00 bits per heavy atom. The summed E-state index contributed by atoms with van der Waals surface area (Å²) in [6.45, 7) is 0.729. The smallest absolute Gasteiger partial charge is 0.228 e. The van der Waals surface area contributed by atoms with E-state index in [9.17, 15) is 4.79 Å². The summed E-state index contributed by atoms with van der Waals surface area (Å²) >= 11 is 3.50. The van der Waals surface area contributed by atoms with Crippen molar-refractivity contribution in [3.63, 3.8) is 0 Å². The lowest BCUT2D eigenvalue weighted by atomic mass is 10.2. The second-order valence-electron chi connectivity index (χ2n) is 4.28. The molecule has 1 aliphatic heterocycles. The van der Waals surface area contributed by atoms with Crippen LogP contribution in [0.15, 0.2) is 24.4 Å². The molecule has 0 saturated carbocycles. The van der Waals surface area contributed by atoms with Crippen molar-refractivity contribution in [3.8, 4) is 0 Å². The van der Waals surface area contributed by atoms with Crippen LogP contribution in [-0.2, 0) is 11.8 Å². The fraction of sp³-hybridized carbons (Fsp3) is 0.333. The van der Waals surface area contributed by atoms with Crippen LogP contribution in [0.3, 0.4) is 0 Å². The Morgan fingerprint density at radius 2 is 2.29 bits per heavy atom. The Morgan fingerprint density at radius 1 is 1.47 bits per heavy atom. The molecule has 1 unspecified atom stereocenters. The van der Waals surface area contributed by atoms with Gasteiger partial charge in [-0.25, -0.2) is 0 Å². The van der Waals surface area contributed by atoms with E-state index in [2.05, 4.69) is 21.0 Å². The van der Waals surface area contributed by atoms with Crippen LogP contribution in [0.5, 0.6) is 0 Å². The van der Waals surface area contributed by atoms with E-state index in [-0.39, 0.29) is 10.7 Å². The summed E-state index contributed by atoms with van der Waals surface area (Å²) in [4.78, 5) is 14.0. The number of hydrogen-bond acceptors (Lipinski definition) is 2. The summed E-state index contributed by atoms with van der Waals surface area (Å²) in [6, 6.07) is 5.96. The molecule has 1 aliphatic rings. The van der Waals surface area contributed by atoms with Gasteiger partial charge in [0.2, 0.25) is 5.91 Å². The fourth-order valence-corrected chi connectivity index (χ4v) is 2.86. The van der Waals surface area contributed by atoms with Gasteiger partial charge in [0.1, 0.15) is 0 Å². The van der Waals surface area contributed by atoms with Gasteiger partial charge in [-0.2, -0.15) is 5.10 Å². The largest absolute Gasteiger partial charge is 0.311 e. The van der Waals surface area contributed by atoms with E-state index >= 15 is 0 Å². The third-order valence-corrected chi connectivity index (χ3v) is 3.75. The van der Waals surface area contributed by atoms with E-state index in [4.69, 9.17) is 0 Å². The maximum absolute atomic E-state index is 11.9. The minimum absolute atomic E-state index is 0.170. The third kappa shape index (κ3) is 1.65. The number of anilines is 1. The zero-order valence-corrected chi connectivity index (χ0v) is 11.0. The predicted octanol–water partition coefficient (Wildman–Crippen LogP) is 2.07. The molecular weight excluding hydrogens is 282 g/mol. The number of rotatable bonds is 1. The highest BCUT2D eigenvalue weighted by Gasteiger charge is 2.29. The van der Waals surface area contributed by atoms with Gasteiger partial charge in [-0.1, -0.05) is 22.0 Å². The summed E-state index contributed by atoms with van der Waals surface area (Å²) in [5, 5.41) is 5.27. The Bertz CT molecular complexity index is 592. The maximum atomic E-state index is 11.9. The van der Waals surface area contributed by atoms with Crippen LogP contribution >= 0.6 is 15.9 Å². The Balaban J connectivity index is 2.14. The average molecular weight is 294 g/mol. The number of benzene rings is 1. The molecule has 17 heavy (non-hydrogen) atoms. The number of aromatic nitrogens is 2. The highest BCUT2D eigenvalue weighted by molar-refractivity contribution is 9.09. The standard InChI is InChI=1S/C12H12BrN3O/c1-15-10-3-2-4-11(9(10)6-14-15)16-7-8(13)5-12(16)17/h2-4,6,8H,5,7H2,1H3. The number of aryl methyl sites for hydroxylation is 1. The first-order valence-electron chi connectivity index (χ1n) is 5.52. The van der Waals surface area contributed by atoms with Crippen LogP contribution in [0.2, 0.25) is 0 Å². The molecule has 0 radical (unpaired) electrons. The number of amides is 1. The van der Waals surface area contributed by atoms with Crippen molar-refractivity contribution in [2.75, 3.05) is 11.4 Å². The van der Waals surface area contributed by atoms with Gasteiger partial charge in [-0.05, 0) is 12.1 Å². The molecule has 0 spiro atoms. The first-order valence-corrected chi connectivity index (χ1v) is 6.43. The number of carbonyl (C=O) groups is 1. The van der Waals surface area contributed by atoms with Crippen LogP contribution in [0, 0.1) is 0 Å². The predicted molar refractivity (Wildman–Crippen MR) is 70.4 cm³/mol. The number of hydrogen-bond donors (Lipinski definition) is 0. The van der Waals surface area contributed by atoms with Crippen molar-refractivity contribution in [1.82, 2.24) is 9.78 Å². The van der Waals surface area contributed by atoms with Gasteiger partial charge in [0.15, 0.2) is 0 Å². The molecule has 1 aromatic heterocycles. The minimum atomic E-state index is 0.170. The van der Waals surface area contributed by atoms with Gasteiger partial charge in [0.05, 0.1) is 17.4 Å². The van der Waals surface area contributed by atoms with Crippen LogP contribution in [-0.4, -0.2) is 27.1 Å². The molecule has 3 rings (SSSR count). The van der Waals surface area contributed by atoms with Crippen molar-refractivity contribution in [2.45, 2.75) is 11.2 Å². The van der Waals surface area contributed by atoms with Crippen LogP contribution in [0.25, 0.3) is 10.9 Å². The SMILES string of the molecule is Cn1ncc2c(N3CC(Br)CC3=O)cccc21. The van der Waals surface area contributed by atoms with Gasteiger partial charge < -0.3 is 4.90 Å². The lowest BCUT2D eigenvalue weighted by Crippen LogP contribution is -2.24. The number of halogens is 1. The molecule has 0 bridgehead atoms. The minimum Gasteiger partial charge on any atom is -0.311 e. The second kappa shape index (κ2) is 3.84. The van der Waals surface area contributed by atoms with Gasteiger partial charge in [-0.3, -0.25) is 9.48 Å². The van der Waals surface area contributed by atoms with Crippen molar-refractivity contribution in [3.05, 3.63) is 24.4 Å². The average Bonchev–Trinajstić information content (AvgIpc) is 2.83. The lowest BCUT2D eigenvalue weighted by molar-refractivity contribution is -0.117. The normalized spacial score (nSPS) is 20.5. The van der Waals surface area contributed by atoms with E-state index in [0.717, 1.165) is 23.1 Å². The summed E-state index contributed by atoms with van der Waals surface area (Å²) in [6.07, 6.45) is 2.39. The Hall–Kier alpha value is -1.36. The number of fused-ring (bicyclic) bond motifs is 1. The molecule has 4 nitrogen and oxygen atoms in total. The van der Waals surface area contributed by atoms with Crippen LogP contribution in [0.1, 0.15) is 6.42 Å². The third-order valence-electron chi connectivity index (χ3n) is 3.14. The molecule has 2 aromatic rings. The molecule has 0 aliphatic carbocycles. The van der Waals surface area contributed by atoms with Crippen LogP contribution in [0.4, 0.5) is 5.69 Å². The molecule has 1 atom stereocenters. The van der Waals surface area contributed by atoms with Crippen molar-refractivity contribution in [1.29, 1.82) is 0 Å². The Kier molecular flexibility index (Phi) is 2.43. The van der Waals surface area contributed by atoms with Crippen LogP contribution < -0.4 is 4.90 Å². The van der Waals surface area contributed by atoms with E-state index in [0.29, 0.717) is 6.42 Å². The highest BCUT2D eigenvalue weighted by Crippen LogP contribution is 2.31. The number of carbonyl (C=O) groups excluding carboxylic acids is 1. The van der Waals surface area contributed by atoms with Crippen molar-refractivity contribution < 1.29 is 4.79 Å². The summed E-state index contributed by atoms with van der Waals surface area (Å²) in [7, 11) is 1.91. The van der Waals surface area contributed by atoms with E-state index < -0.39 is 0 Å². The van der Waals surface area contributed by atoms with E-state index in [1.807, 2.05) is 41.0 Å². The summed E-state index contributed by atoms with van der Waals surface area (Å²) in [5.41, 5.74) is 2.01. The van der Waals surface area contributed by atoms with Crippen molar-refractivity contribution in [2.24, 2.45) is 7.05 Å². The number of alkyl halides is 1. The number of nitrogens with zero attached hydrogens (tertiary/aromatic N) is 3. The molecule has 88 valence electrons. The van der Waals surface area contributed by atoms with Crippen molar-refractivity contribution >= 4 is 38.4 Å².